The Morgan fingerprint density at radius 3 is 2.00 bits per heavy atom. The van der Waals surface area contributed by atoms with Gasteiger partial charge in [0.05, 0.1) is 29.0 Å². The topological polar surface area (TPSA) is 67.9 Å². The normalized spacial score (nSPS) is 10.6. The first-order valence-corrected chi connectivity index (χ1v) is 11.8. The first-order chi connectivity index (χ1) is 18.2. The Morgan fingerprint density at radius 1 is 0.649 bits per heavy atom. The quantitative estimate of drug-likeness (QED) is 0.184. The predicted octanol–water partition coefficient (Wildman–Crippen LogP) is 8.04. The molecule has 0 aromatic heterocycles. The summed E-state index contributed by atoms with van der Waals surface area (Å²) in [5.74, 6) is 0. The van der Waals surface area contributed by atoms with Gasteiger partial charge in [-0.2, -0.15) is 10.5 Å². The average Bonchev–Trinajstić information content (AvgIpc) is 2.97. The van der Waals surface area contributed by atoms with Crippen LogP contribution in [-0.4, -0.2) is 6.29 Å². The van der Waals surface area contributed by atoms with E-state index in [0.29, 0.717) is 22.3 Å². The number of aldehydes is 1. The van der Waals surface area contributed by atoms with Crippen LogP contribution in [0, 0.1) is 22.7 Å². The highest BCUT2D eigenvalue weighted by Crippen LogP contribution is 2.38. The van der Waals surface area contributed by atoms with Gasteiger partial charge in [-0.1, -0.05) is 60.7 Å². The molecule has 0 heterocycles. The molecule has 37 heavy (non-hydrogen) atoms. The summed E-state index contributed by atoms with van der Waals surface area (Å²) in [7, 11) is 0. The number of carbonyl (C=O) groups excluding carboxylic acids is 1. The molecule has 0 aliphatic carbocycles. The second kappa shape index (κ2) is 10.4. The zero-order valence-corrected chi connectivity index (χ0v) is 19.9. The summed E-state index contributed by atoms with van der Waals surface area (Å²) in [5.41, 5.74) is 6.27. The van der Waals surface area contributed by atoms with Crippen LogP contribution in [0.4, 0.5) is 17.1 Å². The van der Waals surface area contributed by atoms with E-state index >= 15 is 0 Å². The summed E-state index contributed by atoms with van der Waals surface area (Å²) >= 11 is 0. The van der Waals surface area contributed by atoms with E-state index in [0.717, 1.165) is 39.7 Å². The number of fused-ring (bicyclic) bond motifs is 1. The van der Waals surface area contributed by atoms with Crippen LogP contribution in [0.1, 0.15) is 32.6 Å². The van der Waals surface area contributed by atoms with Crippen LogP contribution in [0.3, 0.4) is 0 Å². The first-order valence-electron chi connectivity index (χ1n) is 11.8. The Kier molecular flexibility index (Phi) is 6.57. The molecule has 5 rings (SSSR count). The minimum absolute atomic E-state index is 0.514. The van der Waals surface area contributed by atoms with Gasteiger partial charge in [0, 0.05) is 22.3 Å². The lowest BCUT2D eigenvalue weighted by Gasteiger charge is -2.27. The third-order valence-electron chi connectivity index (χ3n) is 6.20. The molecule has 5 aromatic rings. The van der Waals surface area contributed by atoms with Crippen LogP contribution >= 0.6 is 0 Å². The molecule has 0 unspecified atom stereocenters. The van der Waals surface area contributed by atoms with Gasteiger partial charge in [-0.05, 0) is 77.2 Å². The number of carbonyl (C=O) groups is 1. The number of rotatable bonds is 6. The number of benzene rings is 5. The molecule has 0 N–H and O–H groups in total. The van der Waals surface area contributed by atoms with Gasteiger partial charge in [0.2, 0.25) is 0 Å². The minimum Gasteiger partial charge on any atom is -0.310 e. The van der Waals surface area contributed by atoms with Gasteiger partial charge in [-0.3, -0.25) is 4.79 Å². The number of anilines is 3. The van der Waals surface area contributed by atoms with E-state index < -0.39 is 0 Å². The molecule has 0 saturated carbocycles. The van der Waals surface area contributed by atoms with E-state index in [-0.39, 0.29) is 0 Å². The first kappa shape index (κ1) is 23.3. The lowest BCUT2D eigenvalue weighted by molar-refractivity contribution is 0.112. The van der Waals surface area contributed by atoms with Gasteiger partial charge in [-0.25, -0.2) is 0 Å². The fraction of sp³-hybridized carbons (Fsp3) is 0. The zero-order chi connectivity index (χ0) is 25.6. The van der Waals surface area contributed by atoms with E-state index in [4.69, 9.17) is 0 Å². The number of hydrogen-bond donors (Lipinski definition) is 0. The van der Waals surface area contributed by atoms with Crippen LogP contribution in [0.5, 0.6) is 0 Å². The average molecular weight is 476 g/mol. The van der Waals surface area contributed by atoms with Crippen molar-refractivity contribution in [2.24, 2.45) is 0 Å². The van der Waals surface area contributed by atoms with Crippen molar-refractivity contribution in [2.45, 2.75) is 0 Å². The third kappa shape index (κ3) is 4.86. The van der Waals surface area contributed by atoms with Gasteiger partial charge in [0.1, 0.15) is 6.29 Å². The van der Waals surface area contributed by atoms with Crippen LogP contribution in [0.15, 0.2) is 109 Å². The second-order valence-electron chi connectivity index (χ2n) is 8.49. The monoisotopic (exact) mass is 475 g/mol. The molecule has 0 aliphatic heterocycles. The predicted molar refractivity (Wildman–Crippen MR) is 149 cm³/mol. The van der Waals surface area contributed by atoms with E-state index in [2.05, 4.69) is 41.3 Å². The molecule has 0 bridgehead atoms. The molecular weight excluding hydrogens is 454 g/mol. The van der Waals surface area contributed by atoms with Gasteiger partial charge in [0.15, 0.2) is 0 Å². The van der Waals surface area contributed by atoms with Crippen LogP contribution in [-0.2, 0) is 0 Å². The summed E-state index contributed by atoms with van der Waals surface area (Å²) in [5, 5.41) is 20.9. The SMILES string of the molecule is N#Cc1ccc(C#N)c(C=Cc2ccc(N(c3ccc(C=O)cc3)c3cccc4ccccc34)cc2)c1. The Morgan fingerprint density at radius 2 is 1.32 bits per heavy atom. The molecule has 0 saturated heterocycles. The molecule has 0 atom stereocenters. The lowest BCUT2D eigenvalue weighted by atomic mass is 10.0. The highest BCUT2D eigenvalue weighted by atomic mass is 16.1. The molecule has 4 heteroatoms. The number of nitrogens with zero attached hydrogens (tertiary/aromatic N) is 3. The highest BCUT2D eigenvalue weighted by Gasteiger charge is 2.15. The van der Waals surface area contributed by atoms with E-state index in [9.17, 15) is 15.3 Å². The van der Waals surface area contributed by atoms with Gasteiger partial charge in [0.25, 0.3) is 0 Å². The summed E-state index contributed by atoms with van der Waals surface area (Å²) in [6.07, 6.45) is 4.63. The number of hydrogen-bond acceptors (Lipinski definition) is 4. The maximum Gasteiger partial charge on any atom is 0.150 e. The molecule has 0 aliphatic rings. The Balaban J connectivity index is 1.55. The molecule has 0 amide bonds. The molecular formula is C33H21N3O. The maximum absolute atomic E-state index is 11.2. The maximum atomic E-state index is 11.2. The van der Waals surface area contributed by atoms with Crippen LogP contribution < -0.4 is 4.90 Å². The van der Waals surface area contributed by atoms with Gasteiger partial charge < -0.3 is 4.90 Å². The number of nitriles is 2. The van der Waals surface area contributed by atoms with Crippen molar-refractivity contribution in [3.05, 3.63) is 137 Å². The fourth-order valence-corrected chi connectivity index (χ4v) is 4.32. The molecule has 5 aromatic carbocycles. The summed E-state index contributed by atoms with van der Waals surface area (Å²) in [6.45, 7) is 0. The van der Waals surface area contributed by atoms with Crippen molar-refractivity contribution in [1.29, 1.82) is 10.5 Å². The molecule has 0 radical (unpaired) electrons. The Bertz CT molecular complexity index is 1700. The van der Waals surface area contributed by atoms with Crippen molar-refractivity contribution in [1.82, 2.24) is 0 Å². The Hall–Kier alpha value is -5.45. The van der Waals surface area contributed by atoms with Crippen molar-refractivity contribution in [3.63, 3.8) is 0 Å². The smallest absolute Gasteiger partial charge is 0.150 e. The van der Waals surface area contributed by atoms with Gasteiger partial charge in [-0.15, -0.1) is 0 Å². The third-order valence-corrected chi connectivity index (χ3v) is 6.20. The lowest BCUT2D eigenvalue weighted by Crippen LogP contribution is -2.10. The van der Waals surface area contributed by atoms with Crippen molar-refractivity contribution >= 4 is 46.3 Å². The summed E-state index contributed by atoms with van der Waals surface area (Å²) in [6, 6.07) is 39.5. The van der Waals surface area contributed by atoms with E-state index in [1.807, 2.05) is 78.9 Å². The fourth-order valence-electron chi connectivity index (χ4n) is 4.32. The molecule has 4 nitrogen and oxygen atoms in total. The summed E-state index contributed by atoms with van der Waals surface area (Å²) < 4.78 is 0. The standard InChI is InChI=1S/C33H21N3O/c34-21-26-9-15-29(22-35)28(20-26)14-8-24-10-16-30(17-11-24)36(31-18-12-25(23-37)13-19-31)33-7-3-5-27-4-1-2-6-32(27)33/h1-20,23H. The van der Waals surface area contributed by atoms with E-state index in [1.165, 1.54) is 0 Å². The largest absolute Gasteiger partial charge is 0.310 e. The van der Waals surface area contributed by atoms with Crippen LogP contribution in [0.25, 0.3) is 22.9 Å². The van der Waals surface area contributed by atoms with Crippen molar-refractivity contribution in [2.75, 3.05) is 4.90 Å². The van der Waals surface area contributed by atoms with Gasteiger partial charge >= 0.3 is 0 Å². The molecule has 174 valence electrons. The Labute approximate surface area is 215 Å². The molecule has 0 spiro atoms. The second-order valence-corrected chi connectivity index (χ2v) is 8.49. The highest BCUT2D eigenvalue weighted by molar-refractivity contribution is 5.99. The minimum atomic E-state index is 0.514. The van der Waals surface area contributed by atoms with Crippen molar-refractivity contribution in [3.8, 4) is 12.1 Å². The molecule has 0 fully saturated rings. The zero-order valence-electron chi connectivity index (χ0n) is 19.9. The van der Waals surface area contributed by atoms with E-state index in [1.54, 1.807) is 18.2 Å². The van der Waals surface area contributed by atoms with Crippen molar-refractivity contribution < 1.29 is 4.79 Å². The summed E-state index contributed by atoms with van der Waals surface area (Å²) in [4.78, 5) is 13.4. The van der Waals surface area contributed by atoms with Crippen LogP contribution in [0.2, 0.25) is 0 Å².